The molecule has 0 saturated heterocycles. The van der Waals surface area contributed by atoms with Crippen LogP contribution in [0.2, 0.25) is 0 Å². The van der Waals surface area contributed by atoms with Crippen LogP contribution in [-0.4, -0.2) is 35.9 Å². The molecule has 0 atom stereocenters. The van der Waals surface area contributed by atoms with Crippen molar-refractivity contribution in [3.63, 3.8) is 0 Å². The van der Waals surface area contributed by atoms with E-state index in [1.807, 2.05) is 55.5 Å². The van der Waals surface area contributed by atoms with Gasteiger partial charge in [0.2, 0.25) is 11.8 Å². The molecule has 1 heterocycles. The Hall–Kier alpha value is -4.59. The molecule has 0 fully saturated rings. The first-order chi connectivity index (χ1) is 17.8. The molecule has 4 rings (SSSR count). The van der Waals surface area contributed by atoms with Crippen molar-refractivity contribution in [1.29, 1.82) is 0 Å². The molecule has 0 aliphatic rings. The minimum Gasteiger partial charge on any atom is -0.497 e. The van der Waals surface area contributed by atoms with Crippen LogP contribution in [0.25, 0.3) is 28.1 Å². The number of ether oxygens (including phenoxy) is 3. The molecule has 1 amide bonds. The highest BCUT2D eigenvalue weighted by Crippen LogP contribution is 2.43. The lowest BCUT2D eigenvalue weighted by Gasteiger charge is -2.11. The van der Waals surface area contributed by atoms with Crippen molar-refractivity contribution in [3.05, 3.63) is 72.3 Å². The second-order valence-corrected chi connectivity index (χ2v) is 8.45. The SMILES string of the molecule is CCC(=O)Nc1ccc(-c2c(-c3cc(OC)cc(OC)c3)nn(-c3ccc(C)cc3)c2OC(C)=O)cc1. The van der Waals surface area contributed by atoms with Crippen molar-refractivity contribution in [3.8, 4) is 45.5 Å². The number of carbonyl (C=O) groups excluding carboxylic acids is 2. The van der Waals surface area contributed by atoms with Gasteiger partial charge in [0.05, 0.1) is 25.5 Å². The fraction of sp³-hybridized carbons (Fsp3) is 0.207. The van der Waals surface area contributed by atoms with Gasteiger partial charge in [0.15, 0.2) is 0 Å². The van der Waals surface area contributed by atoms with Gasteiger partial charge in [-0.25, -0.2) is 0 Å². The Bertz CT molecular complexity index is 1400. The van der Waals surface area contributed by atoms with E-state index in [0.29, 0.717) is 40.4 Å². The monoisotopic (exact) mass is 499 g/mol. The summed E-state index contributed by atoms with van der Waals surface area (Å²) in [6, 6.07) is 20.6. The zero-order valence-corrected chi connectivity index (χ0v) is 21.5. The van der Waals surface area contributed by atoms with E-state index in [9.17, 15) is 9.59 Å². The Kier molecular flexibility index (Phi) is 7.57. The number of carbonyl (C=O) groups is 2. The molecule has 8 nitrogen and oxygen atoms in total. The van der Waals surface area contributed by atoms with E-state index >= 15 is 0 Å². The summed E-state index contributed by atoms with van der Waals surface area (Å²) < 4.78 is 18.4. The van der Waals surface area contributed by atoms with Crippen molar-refractivity contribution in [2.75, 3.05) is 19.5 Å². The van der Waals surface area contributed by atoms with Gasteiger partial charge in [0.25, 0.3) is 0 Å². The molecule has 190 valence electrons. The Balaban J connectivity index is 1.98. The maximum absolute atomic E-state index is 12.2. The first-order valence-electron chi connectivity index (χ1n) is 11.8. The van der Waals surface area contributed by atoms with Crippen LogP contribution in [0.15, 0.2) is 66.7 Å². The summed E-state index contributed by atoms with van der Waals surface area (Å²) in [5, 5.41) is 7.75. The molecule has 0 saturated carbocycles. The molecular weight excluding hydrogens is 470 g/mol. The highest BCUT2D eigenvalue weighted by Gasteiger charge is 2.25. The van der Waals surface area contributed by atoms with Crippen LogP contribution in [0.5, 0.6) is 17.4 Å². The quantitative estimate of drug-likeness (QED) is 0.308. The molecule has 0 bridgehead atoms. The predicted octanol–water partition coefficient (Wildman–Crippen LogP) is 5.81. The van der Waals surface area contributed by atoms with Crippen LogP contribution in [0.3, 0.4) is 0 Å². The molecule has 37 heavy (non-hydrogen) atoms. The molecule has 8 heteroatoms. The molecule has 0 spiro atoms. The average molecular weight is 500 g/mol. The molecular formula is C29H29N3O5. The number of nitrogens with zero attached hydrogens (tertiary/aromatic N) is 2. The summed E-state index contributed by atoms with van der Waals surface area (Å²) in [4.78, 5) is 24.1. The molecule has 1 N–H and O–H groups in total. The number of hydrogen-bond donors (Lipinski definition) is 1. The first kappa shape index (κ1) is 25.5. The van der Waals surface area contributed by atoms with Gasteiger partial charge in [-0.3, -0.25) is 9.59 Å². The fourth-order valence-corrected chi connectivity index (χ4v) is 3.87. The van der Waals surface area contributed by atoms with E-state index in [1.165, 1.54) is 6.92 Å². The van der Waals surface area contributed by atoms with E-state index in [1.54, 1.807) is 44.0 Å². The zero-order valence-electron chi connectivity index (χ0n) is 21.5. The first-order valence-corrected chi connectivity index (χ1v) is 11.8. The van der Waals surface area contributed by atoms with Crippen molar-refractivity contribution >= 4 is 17.6 Å². The van der Waals surface area contributed by atoms with Crippen molar-refractivity contribution in [2.24, 2.45) is 0 Å². The molecule has 3 aromatic carbocycles. The maximum Gasteiger partial charge on any atom is 0.309 e. The Morgan fingerprint density at radius 2 is 1.51 bits per heavy atom. The van der Waals surface area contributed by atoms with Gasteiger partial charge in [-0.15, -0.1) is 0 Å². The largest absolute Gasteiger partial charge is 0.497 e. The Labute approximate surface area is 215 Å². The lowest BCUT2D eigenvalue weighted by Crippen LogP contribution is -2.09. The van der Waals surface area contributed by atoms with Gasteiger partial charge in [-0.1, -0.05) is 36.8 Å². The van der Waals surface area contributed by atoms with Gasteiger partial charge in [-0.05, 0) is 48.9 Å². The summed E-state index contributed by atoms with van der Waals surface area (Å²) in [5.41, 5.74) is 5.14. The molecule has 0 aliphatic carbocycles. The van der Waals surface area contributed by atoms with Crippen LogP contribution in [0.4, 0.5) is 5.69 Å². The number of rotatable bonds is 8. The predicted molar refractivity (Wildman–Crippen MR) is 143 cm³/mol. The summed E-state index contributed by atoms with van der Waals surface area (Å²) in [6.45, 7) is 5.15. The molecule has 0 unspecified atom stereocenters. The second kappa shape index (κ2) is 11.0. The number of hydrogen-bond acceptors (Lipinski definition) is 6. The smallest absolute Gasteiger partial charge is 0.309 e. The summed E-state index contributed by atoms with van der Waals surface area (Å²) >= 11 is 0. The Morgan fingerprint density at radius 3 is 2.05 bits per heavy atom. The summed E-state index contributed by atoms with van der Waals surface area (Å²) in [7, 11) is 3.16. The van der Waals surface area contributed by atoms with Gasteiger partial charge < -0.3 is 19.5 Å². The van der Waals surface area contributed by atoms with Gasteiger partial charge in [0.1, 0.15) is 17.2 Å². The van der Waals surface area contributed by atoms with Gasteiger partial charge in [-0.2, -0.15) is 9.78 Å². The average Bonchev–Trinajstić information content (AvgIpc) is 3.27. The van der Waals surface area contributed by atoms with Crippen molar-refractivity contribution in [1.82, 2.24) is 9.78 Å². The lowest BCUT2D eigenvalue weighted by molar-refractivity contribution is -0.132. The van der Waals surface area contributed by atoms with E-state index in [4.69, 9.17) is 19.3 Å². The van der Waals surface area contributed by atoms with Crippen LogP contribution in [0, 0.1) is 6.92 Å². The van der Waals surface area contributed by atoms with Crippen LogP contribution in [-0.2, 0) is 9.59 Å². The molecule has 1 aromatic heterocycles. The second-order valence-electron chi connectivity index (χ2n) is 8.45. The normalized spacial score (nSPS) is 10.6. The summed E-state index contributed by atoms with van der Waals surface area (Å²) in [6.07, 6.45) is 0.378. The van der Waals surface area contributed by atoms with Crippen LogP contribution in [0.1, 0.15) is 25.8 Å². The van der Waals surface area contributed by atoms with E-state index in [-0.39, 0.29) is 11.8 Å². The van der Waals surface area contributed by atoms with Crippen LogP contribution >= 0.6 is 0 Å². The highest BCUT2D eigenvalue weighted by molar-refractivity contribution is 5.92. The number of amides is 1. The van der Waals surface area contributed by atoms with Crippen molar-refractivity contribution in [2.45, 2.75) is 27.2 Å². The Morgan fingerprint density at radius 1 is 0.892 bits per heavy atom. The molecule has 0 aliphatic heterocycles. The highest BCUT2D eigenvalue weighted by atomic mass is 16.5. The topological polar surface area (TPSA) is 91.7 Å². The maximum atomic E-state index is 12.2. The third-order valence-electron chi connectivity index (χ3n) is 5.77. The fourth-order valence-electron chi connectivity index (χ4n) is 3.87. The third kappa shape index (κ3) is 5.64. The van der Waals surface area contributed by atoms with Gasteiger partial charge >= 0.3 is 5.97 Å². The minimum atomic E-state index is -0.476. The number of nitrogens with one attached hydrogen (secondary N) is 1. The minimum absolute atomic E-state index is 0.0790. The molecule has 4 aromatic rings. The third-order valence-corrected chi connectivity index (χ3v) is 5.77. The van der Waals surface area contributed by atoms with E-state index in [2.05, 4.69) is 5.32 Å². The van der Waals surface area contributed by atoms with Crippen LogP contribution < -0.4 is 19.5 Å². The standard InChI is InChI=1S/C29H29N3O5/c1-6-26(34)30-22-11-9-20(10-12-22)27-28(21-15-24(35-4)17-25(16-21)36-5)31-32(29(27)37-19(3)33)23-13-7-18(2)8-14-23/h7-17H,6H2,1-5H3,(H,30,34). The number of aromatic nitrogens is 2. The van der Waals surface area contributed by atoms with E-state index < -0.39 is 5.97 Å². The lowest BCUT2D eigenvalue weighted by atomic mass is 10.0. The van der Waals surface area contributed by atoms with E-state index in [0.717, 1.165) is 16.8 Å². The van der Waals surface area contributed by atoms with Gasteiger partial charge in [0, 0.05) is 30.7 Å². The molecule has 0 radical (unpaired) electrons. The van der Waals surface area contributed by atoms with Crippen molar-refractivity contribution < 1.29 is 23.8 Å². The number of esters is 1. The zero-order chi connectivity index (χ0) is 26.5. The number of methoxy groups -OCH3 is 2. The number of aryl methyl sites for hydroxylation is 1. The number of anilines is 1. The summed E-state index contributed by atoms with van der Waals surface area (Å²) in [5.74, 6) is 0.910. The number of benzene rings is 3.